The van der Waals surface area contributed by atoms with Crippen LogP contribution in [0.25, 0.3) is 5.65 Å². The van der Waals surface area contributed by atoms with Gasteiger partial charge in [0, 0.05) is 16.4 Å². The Morgan fingerprint density at radius 3 is 2.67 bits per heavy atom. The molecular formula is C19H20BrN3O. The Balaban J connectivity index is 2.06. The van der Waals surface area contributed by atoms with Gasteiger partial charge in [0.2, 0.25) is 0 Å². The molecule has 1 aromatic carbocycles. The van der Waals surface area contributed by atoms with Gasteiger partial charge in [0.1, 0.15) is 11.3 Å². The van der Waals surface area contributed by atoms with Crippen LogP contribution in [-0.4, -0.2) is 15.3 Å². The quantitative estimate of drug-likeness (QED) is 0.682. The van der Waals surface area contributed by atoms with Crippen LogP contribution in [0.1, 0.15) is 47.1 Å². The number of para-hydroxylation sites is 1. The molecule has 1 N–H and O–H groups in total. The van der Waals surface area contributed by atoms with Gasteiger partial charge < -0.3 is 5.32 Å². The summed E-state index contributed by atoms with van der Waals surface area (Å²) in [6, 6.07) is 9.90. The number of carbonyl (C=O) groups excluding carboxylic acids is 1. The maximum atomic E-state index is 12.9. The molecule has 0 aliphatic rings. The summed E-state index contributed by atoms with van der Waals surface area (Å²) in [6.07, 6.45) is 1.88. The fourth-order valence-corrected chi connectivity index (χ4v) is 3.50. The number of hydrogen-bond acceptors (Lipinski definition) is 2. The molecule has 2 aromatic heterocycles. The van der Waals surface area contributed by atoms with Crippen LogP contribution in [0.5, 0.6) is 0 Å². The highest BCUT2D eigenvalue weighted by molar-refractivity contribution is 9.10. The van der Waals surface area contributed by atoms with Gasteiger partial charge >= 0.3 is 0 Å². The third-order valence-electron chi connectivity index (χ3n) is 4.09. The molecule has 0 aliphatic carbocycles. The Kier molecular flexibility index (Phi) is 4.45. The van der Waals surface area contributed by atoms with Gasteiger partial charge in [0.05, 0.1) is 5.69 Å². The number of aromatic nitrogens is 2. The third-order valence-corrected chi connectivity index (χ3v) is 4.52. The van der Waals surface area contributed by atoms with Gasteiger partial charge in [0.15, 0.2) is 0 Å². The summed E-state index contributed by atoms with van der Waals surface area (Å²) in [5.41, 5.74) is 5.07. The smallest absolute Gasteiger partial charge is 0.274 e. The van der Waals surface area contributed by atoms with Gasteiger partial charge in [-0.3, -0.25) is 9.20 Å². The van der Waals surface area contributed by atoms with Crippen LogP contribution in [0.15, 0.2) is 41.0 Å². The van der Waals surface area contributed by atoms with Crippen LogP contribution >= 0.6 is 15.9 Å². The van der Waals surface area contributed by atoms with E-state index < -0.39 is 0 Å². The van der Waals surface area contributed by atoms with E-state index in [1.165, 1.54) is 0 Å². The predicted octanol–water partition coefficient (Wildman–Crippen LogP) is 5.09. The average Bonchev–Trinajstić information content (AvgIpc) is 2.84. The van der Waals surface area contributed by atoms with Crippen LogP contribution in [-0.2, 0) is 0 Å². The van der Waals surface area contributed by atoms with Gasteiger partial charge in [-0.25, -0.2) is 4.98 Å². The molecule has 2 heterocycles. The minimum Gasteiger partial charge on any atom is -0.320 e. The molecular weight excluding hydrogens is 366 g/mol. The van der Waals surface area contributed by atoms with Crippen LogP contribution in [0.2, 0.25) is 0 Å². The number of hydrogen-bond donors (Lipinski definition) is 1. The predicted molar refractivity (Wildman–Crippen MR) is 101 cm³/mol. The first-order valence-electron chi connectivity index (χ1n) is 7.93. The molecule has 0 fully saturated rings. The Morgan fingerprint density at radius 1 is 1.25 bits per heavy atom. The minimum atomic E-state index is -0.148. The van der Waals surface area contributed by atoms with Gasteiger partial charge in [0.25, 0.3) is 5.91 Å². The van der Waals surface area contributed by atoms with Crippen LogP contribution < -0.4 is 5.32 Å². The first-order valence-corrected chi connectivity index (χ1v) is 8.73. The van der Waals surface area contributed by atoms with Crippen molar-refractivity contribution in [3.05, 3.63) is 63.5 Å². The monoisotopic (exact) mass is 385 g/mol. The second-order valence-electron chi connectivity index (χ2n) is 6.28. The number of amides is 1. The van der Waals surface area contributed by atoms with E-state index in [9.17, 15) is 4.79 Å². The van der Waals surface area contributed by atoms with Crippen molar-refractivity contribution in [2.75, 3.05) is 5.32 Å². The normalized spacial score (nSPS) is 11.2. The maximum Gasteiger partial charge on any atom is 0.274 e. The molecule has 124 valence electrons. The number of benzene rings is 1. The SMILES string of the molecule is Cc1nc2c(C)cc(Br)cn2c1C(=O)Nc1ccccc1C(C)C. The molecule has 1 amide bonds. The lowest BCUT2D eigenvalue weighted by molar-refractivity contribution is 0.102. The molecule has 0 aliphatic heterocycles. The number of anilines is 1. The zero-order valence-corrected chi connectivity index (χ0v) is 15.8. The molecule has 0 spiro atoms. The van der Waals surface area contributed by atoms with Gasteiger partial charge in [-0.1, -0.05) is 32.0 Å². The van der Waals surface area contributed by atoms with Crippen LogP contribution in [0.4, 0.5) is 5.69 Å². The molecule has 0 saturated heterocycles. The highest BCUT2D eigenvalue weighted by Crippen LogP contribution is 2.25. The van der Waals surface area contributed by atoms with Crippen molar-refractivity contribution >= 4 is 33.2 Å². The lowest BCUT2D eigenvalue weighted by atomic mass is 10.0. The molecule has 0 saturated carbocycles. The first kappa shape index (κ1) is 16.7. The van der Waals surface area contributed by atoms with Crippen molar-refractivity contribution in [3.63, 3.8) is 0 Å². The van der Waals surface area contributed by atoms with E-state index in [2.05, 4.69) is 40.1 Å². The van der Waals surface area contributed by atoms with Crippen molar-refractivity contribution in [3.8, 4) is 0 Å². The van der Waals surface area contributed by atoms with E-state index in [1.807, 2.05) is 54.8 Å². The number of nitrogens with one attached hydrogen (secondary N) is 1. The zero-order chi connectivity index (χ0) is 17.4. The Bertz CT molecular complexity index is 928. The van der Waals surface area contributed by atoms with E-state index in [1.54, 1.807) is 0 Å². The topological polar surface area (TPSA) is 46.4 Å². The van der Waals surface area contributed by atoms with Crippen molar-refractivity contribution in [2.24, 2.45) is 0 Å². The van der Waals surface area contributed by atoms with E-state index in [0.29, 0.717) is 11.6 Å². The number of halogens is 1. The third kappa shape index (κ3) is 2.96. The zero-order valence-electron chi connectivity index (χ0n) is 14.2. The summed E-state index contributed by atoms with van der Waals surface area (Å²) in [5, 5.41) is 3.05. The molecule has 3 aromatic rings. The molecule has 0 unspecified atom stereocenters. The number of nitrogens with zero attached hydrogens (tertiary/aromatic N) is 2. The number of pyridine rings is 1. The highest BCUT2D eigenvalue weighted by atomic mass is 79.9. The maximum absolute atomic E-state index is 12.9. The number of aryl methyl sites for hydroxylation is 2. The van der Waals surface area contributed by atoms with E-state index in [-0.39, 0.29) is 5.91 Å². The van der Waals surface area contributed by atoms with E-state index in [0.717, 1.165) is 32.6 Å². The summed E-state index contributed by atoms with van der Waals surface area (Å²) >= 11 is 3.49. The Morgan fingerprint density at radius 2 is 1.96 bits per heavy atom. The van der Waals surface area contributed by atoms with Gasteiger partial charge in [-0.2, -0.15) is 0 Å². The lowest BCUT2D eigenvalue weighted by Gasteiger charge is -2.14. The number of carbonyl (C=O) groups is 1. The summed E-state index contributed by atoms with van der Waals surface area (Å²) in [5.74, 6) is 0.187. The number of imidazole rings is 1. The highest BCUT2D eigenvalue weighted by Gasteiger charge is 2.19. The molecule has 0 bridgehead atoms. The number of fused-ring (bicyclic) bond motifs is 1. The minimum absolute atomic E-state index is 0.148. The molecule has 5 heteroatoms. The van der Waals surface area contributed by atoms with Crippen molar-refractivity contribution in [1.82, 2.24) is 9.38 Å². The fraction of sp³-hybridized carbons (Fsp3) is 0.263. The molecule has 0 atom stereocenters. The molecule has 24 heavy (non-hydrogen) atoms. The standard InChI is InChI=1S/C19H20BrN3O/c1-11(2)15-7-5-6-8-16(15)22-19(24)17-13(4)21-18-12(3)9-14(20)10-23(17)18/h5-11H,1-4H3,(H,22,24). The average molecular weight is 386 g/mol. The molecule has 0 radical (unpaired) electrons. The van der Waals surface area contributed by atoms with Gasteiger partial charge in [-0.15, -0.1) is 0 Å². The second-order valence-corrected chi connectivity index (χ2v) is 7.19. The Hall–Kier alpha value is -2.14. The summed E-state index contributed by atoms with van der Waals surface area (Å²) in [4.78, 5) is 17.5. The van der Waals surface area contributed by atoms with E-state index in [4.69, 9.17) is 0 Å². The molecule has 4 nitrogen and oxygen atoms in total. The summed E-state index contributed by atoms with van der Waals surface area (Å²) in [7, 11) is 0. The lowest BCUT2D eigenvalue weighted by Crippen LogP contribution is -2.17. The number of rotatable bonds is 3. The van der Waals surface area contributed by atoms with Crippen molar-refractivity contribution < 1.29 is 4.79 Å². The summed E-state index contributed by atoms with van der Waals surface area (Å²) < 4.78 is 2.77. The van der Waals surface area contributed by atoms with Crippen molar-refractivity contribution in [1.29, 1.82) is 0 Å². The van der Waals surface area contributed by atoms with Gasteiger partial charge in [-0.05, 0) is 59.0 Å². The van der Waals surface area contributed by atoms with Crippen LogP contribution in [0, 0.1) is 13.8 Å². The summed E-state index contributed by atoms with van der Waals surface area (Å²) in [6.45, 7) is 8.09. The van der Waals surface area contributed by atoms with Crippen molar-refractivity contribution in [2.45, 2.75) is 33.6 Å². The van der Waals surface area contributed by atoms with E-state index >= 15 is 0 Å². The molecule has 3 rings (SSSR count). The second kappa shape index (κ2) is 6.40. The van der Waals surface area contributed by atoms with Crippen LogP contribution in [0.3, 0.4) is 0 Å². The largest absolute Gasteiger partial charge is 0.320 e. The fourth-order valence-electron chi connectivity index (χ4n) is 2.95. The first-order chi connectivity index (χ1) is 11.4. The Labute approximate surface area is 150 Å².